The van der Waals surface area contributed by atoms with Crippen LogP contribution in [0.25, 0.3) is 0 Å². The molecule has 2 rings (SSSR count). The van der Waals surface area contributed by atoms with Crippen molar-refractivity contribution < 1.29 is 19.1 Å². The second kappa shape index (κ2) is 6.74. The predicted molar refractivity (Wildman–Crippen MR) is 77.9 cm³/mol. The van der Waals surface area contributed by atoms with E-state index in [2.05, 4.69) is 4.74 Å². The van der Waals surface area contributed by atoms with Gasteiger partial charge in [-0.15, -0.1) is 0 Å². The van der Waals surface area contributed by atoms with Gasteiger partial charge in [0.15, 0.2) is 6.29 Å². The fourth-order valence-corrected chi connectivity index (χ4v) is 2.14. The summed E-state index contributed by atoms with van der Waals surface area (Å²) in [6, 6.07) is 9.34. The van der Waals surface area contributed by atoms with Gasteiger partial charge in [-0.25, -0.2) is 4.79 Å². The van der Waals surface area contributed by atoms with Crippen LogP contribution in [0.1, 0.15) is 26.4 Å². The fourth-order valence-electron chi connectivity index (χ4n) is 2.14. The number of carbonyl (C=O) groups is 2. The lowest BCUT2D eigenvalue weighted by atomic mass is 10.1. The topological polar surface area (TPSA) is 57.5 Å². The summed E-state index contributed by atoms with van der Waals surface area (Å²) < 4.78 is 11.5. The predicted octanol–water partition coefficient (Wildman–Crippen LogP) is 2.34. The summed E-state index contributed by atoms with van der Waals surface area (Å²) in [4.78, 5) is 22.7. The summed E-state index contributed by atoms with van der Waals surface area (Å²) in [6.45, 7) is 0.609. The zero-order valence-corrected chi connectivity index (χ0v) is 12.0. The van der Waals surface area contributed by atoms with Crippen molar-refractivity contribution in [2.24, 2.45) is 0 Å². The molecule has 0 atom stereocenters. The number of aldehydes is 1. The van der Waals surface area contributed by atoms with Crippen LogP contribution in [0.3, 0.4) is 0 Å². The number of aryl methyl sites for hydroxylation is 2. The Morgan fingerprint density at radius 3 is 2.48 bits per heavy atom. The molecule has 0 aliphatic heterocycles. The molecule has 0 N–H and O–H groups in total. The van der Waals surface area contributed by atoms with Gasteiger partial charge in [-0.1, -0.05) is 12.1 Å². The molecular formula is C16H17NO4. The maximum absolute atomic E-state index is 11.5. The third kappa shape index (κ3) is 3.31. The Labute approximate surface area is 123 Å². The first kappa shape index (κ1) is 14.8. The normalized spacial score (nSPS) is 10.2. The average molecular weight is 287 g/mol. The largest absolute Gasteiger partial charge is 0.497 e. The molecule has 0 saturated heterocycles. The van der Waals surface area contributed by atoms with E-state index >= 15 is 0 Å². The molecule has 0 aliphatic rings. The van der Waals surface area contributed by atoms with Gasteiger partial charge in [0.2, 0.25) is 0 Å². The monoisotopic (exact) mass is 287 g/mol. The van der Waals surface area contributed by atoms with Crippen LogP contribution in [0.5, 0.6) is 5.75 Å². The average Bonchev–Trinajstić information content (AvgIpc) is 2.95. The van der Waals surface area contributed by atoms with Crippen molar-refractivity contribution in [1.29, 1.82) is 0 Å². The lowest BCUT2D eigenvalue weighted by Gasteiger charge is -2.07. The number of benzene rings is 1. The number of nitrogens with zero attached hydrogens (tertiary/aromatic N) is 1. The van der Waals surface area contributed by atoms with E-state index in [1.807, 2.05) is 24.3 Å². The Bertz CT molecular complexity index is 628. The van der Waals surface area contributed by atoms with E-state index in [1.165, 1.54) is 7.11 Å². The van der Waals surface area contributed by atoms with E-state index in [1.54, 1.807) is 23.9 Å². The van der Waals surface area contributed by atoms with E-state index < -0.39 is 5.97 Å². The number of rotatable bonds is 6. The Balaban J connectivity index is 2.10. The van der Waals surface area contributed by atoms with Gasteiger partial charge in [-0.05, 0) is 30.2 Å². The molecule has 1 aromatic heterocycles. The summed E-state index contributed by atoms with van der Waals surface area (Å²) in [6.07, 6.45) is 3.15. The van der Waals surface area contributed by atoms with Crippen molar-refractivity contribution >= 4 is 12.3 Å². The fraction of sp³-hybridized carbons (Fsp3) is 0.250. The van der Waals surface area contributed by atoms with Gasteiger partial charge < -0.3 is 14.0 Å². The highest BCUT2D eigenvalue weighted by Crippen LogP contribution is 2.14. The standard InChI is InChI=1S/C16H17NO4/c1-20-13-5-3-12(4-6-13)7-9-17-10-8-14(15(17)11-18)16(19)21-2/h3-6,8,10-11H,7,9H2,1-2H3. The lowest BCUT2D eigenvalue weighted by molar-refractivity contribution is 0.0598. The molecule has 1 aromatic carbocycles. The van der Waals surface area contributed by atoms with Gasteiger partial charge in [0.25, 0.3) is 0 Å². The van der Waals surface area contributed by atoms with E-state index in [4.69, 9.17) is 4.74 Å². The second-order valence-corrected chi connectivity index (χ2v) is 4.52. The maximum atomic E-state index is 11.5. The first-order chi connectivity index (χ1) is 10.2. The third-order valence-corrected chi connectivity index (χ3v) is 3.32. The van der Waals surface area contributed by atoms with Gasteiger partial charge in [-0.3, -0.25) is 4.79 Å². The number of aromatic nitrogens is 1. The molecule has 21 heavy (non-hydrogen) atoms. The molecule has 0 radical (unpaired) electrons. The zero-order chi connectivity index (χ0) is 15.2. The Morgan fingerprint density at radius 2 is 1.90 bits per heavy atom. The number of methoxy groups -OCH3 is 2. The van der Waals surface area contributed by atoms with Crippen LogP contribution in [0.2, 0.25) is 0 Å². The molecule has 110 valence electrons. The first-order valence-electron chi connectivity index (χ1n) is 6.55. The number of hydrogen-bond donors (Lipinski definition) is 0. The van der Waals surface area contributed by atoms with Crippen LogP contribution in [0.15, 0.2) is 36.5 Å². The van der Waals surface area contributed by atoms with Gasteiger partial charge >= 0.3 is 5.97 Å². The highest BCUT2D eigenvalue weighted by Gasteiger charge is 2.15. The van der Waals surface area contributed by atoms with E-state index in [0.717, 1.165) is 17.7 Å². The third-order valence-electron chi connectivity index (χ3n) is 3.32. The molecule has 0 bridgehead atoms. The van der Waals surface area contributed by atoms with Crippen LogP contribution in [-0.2, 0) is 17.7 Å². The minimum Gasteiger partial charge on any atom is -0.497 e. The molecule has 0 saturated carbocycles. The van der Waals surface area contributed by atoms with Gasteiger partial charge in [0.05, 0.1) is 25.5 Å². The van der Waals surface area contributed by atoms with E-state index in [9.17, 15) is 9.59 Å². The Hall–Kier alpha value is -2.56. The quantitative estimate of drug-likeness (QED) is 0.604. The SMILES string of the molecule is COC(=O)c1ccn(CCc2ccc(OC)cc2)c1C=O. The lowest BCUT2D eigenvalue weighted by Crippen LogP contribution is -2.09. The van der Waals surface area contributed by atoms with Crippen molar-refractivity contribution in [3.63, 3.8) is 0 Å². The molecule has 5 nitrogen and oxygen atoms in total. The first-order valence-corrected chi connectivity index (χ1v) is 6.55. The summed E-state index contributed by atoms with van der Waals surface area (Å²) in [5.41, 5.74) is 1.76. The van der Waals surface area contributed by atoms with Crippen molar-refractivity contribution in [2.75, 3.05) is 14.2 Å². The van der Waals surface area contributed by atoms with Crippen LogP contribution in [-0.4, -0.2) is 31.0 Å². The maximum Gasteiger partial charge on any atom is 0.340 e. The van der Waals surface area contributed by atoms with Gasteiger partial charge in [-0.2, -0.15) is 0 Å². The summed E-state index contributed by atoms with van der Waals surface area (Å²) in [5, 5.41) is 0. The van der Waals surface area contributed by atoms with E-state index in [0.29, 0.717) is 24.1 Å². The Morgan fingerprint density at radius 1 is 1.19 bits per heavy atom. The zero-order valence-electron chi connectivity index (χ0n) is 12.0. The second-order valence-electron chi connectivity index (χ2n) is 4.52. The van der Waals surface area contributed by atoms with Crippen molar-refractivity contribution in [2.45, 2.75) is 13.0 Å². The minimum atomic E-state index is -0.500. The number of ether oxygens (including phenoxy) is 2. The molecule has 0 unspecified atom stereocenters. The van der Waals surface area contributed by atoms with E-state index in [-0.39, 0.29) is 0 Å². The molecule has 0 aliphatic carbocycles. The highest BCUT2D eigenvalue weighted by atomic mass is 16.5. The van der Waals surface area contributed by atoms with Crippen LogP contribution in [0, 0.1) is 0 Å². The van der Waals surface area contributed by atoms with Gasteiger partial charge in [0, 0.05) is 12.7 Å². The van der Waals surface area contributed by atoms with Crippen molar-refractivity contribution in [3.8, 4) is 5.75 Å². The minimum absolute atomic E-state index is 0.294. The van der Waals surface area contributed by atoms with Gasteiger partial charge in [0.1, 0.15) is 5.75 Å². The highest BCUT2D eigenvalue weighted by molar-refractivity contribution is 5.97. The summed E-state index contributed by atoms with van der Waals surface area (Å²) in [7, 11) is 2.92. The summed E-state index contributed by atoms with van der Waals surface area (Å²) >= 11 is 0. The molecule has 0 amide bonds. The molecular weight excluding hydrogens is 270 g/mol. The van der Waals surface area contributed by atoms with Crippen molar-refractivity contribution in [3.05, 3.63) is 53.3 Å². The molecule has 5 heteroatoms. The van der Waals surface area contributed by atoms with Crippen LogP contribution in [0.4, 0.5) is 0 Å². The molecule has 0 spiro atoms. The Kier molecular flexibility index (Phi) is 4.77. The molecule has 0 fully saturated rings. The number of esters is 1. The van der Waals surface area contributed by atoms with Crippen LogP contribution < -0.4 is 4.74 Å². The molecule has 1 heterocycles. The number of carbonyl (C=O) groups excluding carboxylic acids is 2. The van der Waals surface area contributed by atoms with Crippen LogP contribution >= 0.6 is 0 Å². The summed E-state index contributed by atoms with van der Waals surface area (Å²) in [5.74, 6) is 0.307. The van der Waals surface area contributed by atoms with Crippen molar-refractivity contribution in [1.82, 2.24) is 4.57 Å². The molecule has 2 aromatic rings. The smallest absolute Gasteiger partial charge is 0.340 e. The number of hydrogen-bond acceptors (Lipinski definition) is 4.